The molecule has 0 radical (unpaired) electrons. The maximum Gasteiger partial charge on any atom is 0.231 e. The molecule has 2 aliphatic carbocycles. The van der Waals surface area contributed by atoms with Crippen molar-refractivity contribution in [2.45, 2.75) is 19.4 Å². The first-order valence-electron chi connectivity index (χ1n) is 9.50. The number of fused-ring (bicyclic) bond motifs is 4. The van der Waals surface area contributed by atoms with Gasteiger partial charge in [0.25, 0.3) is 0 Å². The summed E-state index contributed by atoms with van der Waals surface area (Å²) < 4.78 is 5.32. The molecular formula is C20H20ClN5O2. The van der Waals surface area contributed by atoms with Crippen molar-refractivity contribution in [3.05, 3.63) is 53.2 Å². The van der Waals surface area contributed by atoms with Gasteiger partial charge in [-0.15, -0.1) is 0 Å². The Balaban J connectivity index is 1.36. The van der Waals surface area contributed by atoms with Crippen LogP contribution < -0.4 is 10.2 Å². The van der Waals surface area contributed by atoms with Crippen LogP contribution >= 0.6 is 11.6 Å². The number of nitrogens with zero attached hydrogens (tertiary/aromatic N) is 4. The highest BCUT2D eigenvalue weighted by Gasteiger charge is 2.41. The molecule has 7 nitrogen and oxygen atoms in total. The average Bonchev–Trinajstić information content (AvgIpc) is 3.20. The van der Waals surface area contributed by atoms with Gasteiger partial charge in [-0.25, -0.2) is 0 Å². The van der Waals surface area contributed by atoms with E-state index in [4.69, 9.17) is 16.0 Å². The van der Waals surface area contributed by atoms with Crippen LogP contribution in [-0.4, -0.2) is 33.8 Å². The Kier molecular flexibility index (Phi) is 4.39. The summed E-state index contributed by atoms with van der Waals surface area (Å²) in [6, 6.07) is 3.72. The fourth-order valence-electron chi connectivity index (χ4n) is 4.58. The second kappa shape index (κ2) is 7.05. The van der Waals surface area contributed by atoms with E-state index < -0.39 is 0 Å². The Morgan fingerprint density at radius 2 is 2.18 bits per heavy atom. The molecule has 0 unspecified atom stereocenters. The molecule has 2 fully saturated rings. The number of hydrogen-bond donors (Lipinski definition) is 1. The predicted octanol–water partition coefficient (Wildman–Crippen LogP) is 3.26. The standard InChI is InChI=1S/C20H20ClN5O2/c21-18-23-19(22-9-14-3-2-6-28-14)25-20(24-18)26-10-12-7-13(11-26)15-4-1-5-17(27)16(15)8-12/h1-6,12-13,16H,7-11H2,(H,22,23,24,25)/t12-,13-,16-/m0/s1. The second-order valence-corrected chi connectivity index (χ2v) is 7.92. The van der Waals surface area contributed by atoms with Crippen LogP contribution in [0.3, 0.4) is 0 Å². The highest BCUT2D eigenvalue weighted by atomic mass is 35.5. The number of carbonyl (C=O) groups is 1. The Hall–Kier alpha value is -2.67. The molecule has 144 valence electrons. The number of furan rings is 1. The van der Waals surface area contributed by atoms with Crippen molar-refractivity contribution in [3.63, 3.8) is 0 Å². The van der Waals surface area contributed by atoms with E-state index in [1.165, 1.54) is 5.57 Å². The number of ketones is 1. The third-order valence-electron chi connectivity index (χ3n) is 5.75. The van der Waals surface area contributed by atoms with E-state index in [1.54, 1.807) is 12.3 Å². The first-order chi connectivity index (χ1) is 13.7. The van der Waals surface area contributed by atoms with Crippen LogP contribution in [0.4, 0.5) is 11.9 Å². The molecule has 2 bridgehead atoms. The quantitative estimate of drug-likeness (QED) is 0.847. The van der Waals surface area contributed by atoms with Gasteiger partial charge in [0.1, 0.15) is 5.76 Å². The molecule has 8 heteroatoms. The molecule has 0 spiro atoms. The molecule has 2 aromatic rings. The Bertz CT molecular complexity index is 956. The number of rotatable bonds is 4. The number of carbonyl (C=O) groups excluding carboxylic acids is 1. The van der Waals surface area contributed by atoms with E-state index in [-0.39, 0.29) is 17.0 Å². The molecule has 1 saturated heterocycles. The van der Waals surface area contributed by atoms with E-state index in [9.17, 15) is 4.79 Å². The summed E-state index contributed by atoms with van der Waals surface area (Å²) >= 11 is 6.16. The third-order valence-corrected chi connectivity index (χ3v) is 5.92. The Labute approximate surface area is 167 Å². The van der Waals surface area contributed by atoms with Crippen LogP contribution in [0.15, 0.2) is 46.6 Å². The lowest BCUT2D eigenvalue weighted by Crippen LogP contribution is -2.48. The van der Waals surface area contributed by atoms with Gasteiger partial charge in [-0.2, -0.15) is 15.0 Å². The van der Waals surface area contributed by atoms with Crippen LogP contribution in [0.25, 0.3) is 0 Å². The molecule has 0 amide bonds. The zero-order valence-corrected chi connectivity index (χ0v) is 16.0. The van der Waals surface area contributed by atoms with E-state index >= 15 is 0 Å². The molecule has 0 aromatic carbocycles. The highest BCUT2D eigenvalue weighted by molar-refractivity contribution is 6.28. The van der Waals surface area contributed by atoms with Crippen LogP contribution in [0, 0.1) is 17.8 Å². The fourth-order valence-corrected chi connectivity index (χ4v) is 4.73. The van der Waals surface area contributed by atoms with E-state index in [0.29, 0.717) is 30.3 Å². The number of nitrogens with one attached hydrogen (secondary N) is 1. The largest absolute Gasteiger partial charge is 0.467 e. The minimum Gasteiger partial charge on any atom is -0.467 e. The van der Waals surface area contributed by atoms with Gasteiger partial charge in [0.05, 0.1) is 12.8 Å². The Morgan fingerprint density at radius 3 is 3.04 bits per heavy atom. The van der Waals surface area contributed by atoms with Crippen LogP contribution in [-0.2, 0) is 11.3 Å². The van der Waals surface area contributed by atoms with Crippen molar-refractivity contribution in [2.24, 2.45) is 17.8 Å². The molecule has 1 aliphatic heterocycles. The molecule has 1 N–H and O–H groups in total. The molecule has 2 aromatic heterocycles. The molecule has 3 aliphatic rings. The lowest BCUT2D eigenvalue weighted by Gasteiger charge is -2.45. The lowest BCUT2D eigenvalue weighted by molar-refractivity contribution is -0.118. The van der Waals surface area contributed by atoms with Gasteiger partial charge < -0.3 is 14.6 Å². The van der Waals surface area contributed by atoms with Crippen molar-refractivity contribution in [1.29, 1.82) is 0 Å². The highest BCUT2D eigenvalue weighted by Crippen LogP contribution is 2.44. The topological polar surface area (TPSA) is 84.2 Å². The third kappa shape index (κ3) is 3.30. The molecule has 3 atom stereocenters. The van der Waals surface area contributed by atoms with E-state index in [2.05, 4.69) is 31.2 Å². The number of allylic oxidation sites excluding steroid dienone is 3. The number of piperidine rings is 1. The van der Waals surface area contributed by atoms with Gasteiger partial charge in [-0.3, -0.25) is 4.79 Å². The molecule has 5 rings (SSSR count). The summed E-state index contributed by atoms with van der Waals surface area (Å²) in [5.74, 6) is 2.89. The maximum atomic E-state index is 12.3. The van der Waals surface area contributed by atoms with Crippen LogP contribution in [0.2, 0.25) is 5.28 Å². The minimum absolute atomic E-state index is 0.0587. The molecule has 28 heavy (non-hydrogen) atoms. The average molecular weight is 398 g/mol. The normalized spacial score (nSPS) is 26.0. The van der Waals surface area contributed by atoms with Gasteiger partial charge in [0.2, 0.25) is 17.2 Å². The molecular weight excluding hydrogens is 378 g/mol. The fraction of sp³-hybridized carbons (Fsp3) is 0.400. The van der Waals surface area contributed by atoms with Gasteiger partial charge in [-0.1, -0.05) is 17.7 Å². The van der Waals surface area contributed by atoms with Gasteiger partial charge >= 0.3 is 0 Å². The van der Waals surface area contributed by atoms with Crippen molar-refractivity contribution >= 4 is 29.3 Å². The van der Waals surface area contributed by atoms with Gasteiger partial charge in [0, 0.05) is 19.0 Å². The smallest absolute Gasteiger partial charge is 0.231 e. The van der Waals surface area contributed by atoms with E-state index in [0.717, 1.165) is 31.7 Å². The first-order valence-corrected chi connectivity index (χ1v) is 9.88. The SMILES string of the molecule is O=C1C=CC=C2[C@H]3C[C@@H](C[C@H]12)CN(c1nc(Cl)nc(NCc2ccco2)n1)C3. The van der Waals surface area contributed by atoms with Crippen molar-refractivity contribution < 1.29 is 9.21 Å². The minimum atomic E-state index is 0.0587. The summed E-state index contributed by atoms with van der Waals surface area (Å²) in [6.45, 7) is 2.09. The first kappa shape index (κ1) is 17.4. The van der Waals surface area contributed by atoms with Crippen molar-refractivity contribution in [3.8, 4) is 0 Å². The number of hydrogen-bond acceptors (Lipinski definition) is 7. The van der Waals surface area contributed by atoms with Crippen molar-refractivity contribution in [1.82, 2.24) is 15.0 Å². The maximum absolute atomic E-state index is 12.3. The summed E-state index contributed by atoms with van der Waals surface area (Å²) in [7, 11) is 0. The van der Waals surface area contributed by atoms with E-state index in [1.807, 2.05) is 18.2 Å². The van der Waals surface area contributed by atoms with Crippen LogP contribution in [0.1, 0.15) is 18.6 Å². The summed E-state index contributed by atoms with van der Waals surface area (Å²) in [5, 5.41) is 3.30. The predicted molar refractivity (Wildman–Crippen MR) is 105 cm³/mol. The number of anilines is 2. The number of aromatic nitrogens is 3. The lowest BCUT2D eigenvalue weighted by atomic mass is 9.66. The zero-order chi connectivity index (χ0) is 19.1. The van der Waals surface area contributed by atoms with Crippen LogP contribution in [0.5, 0.6) is 0 Å². The molecule has 1 saturated carbocycles. The van der Waals surface area contributed by atoms with Gasteiger partial charge in [0.15, 0.2) is 5.78 Å². The zero-order valence-electron chi connectivity index (χ0n) is 15.2. The Morgan fingerprint density at radius 1 is 1.25 bits per heavy atom. The summed E-state index contributed by atoms with van der Waals surface area (Å²) in [6.07, 6.45) is 9.34. The second-order valence-electron chi connectivity index (χ2n) is 7.58. The molecule has 3 heterocycles. The number of halogens is 1. The van der Waals surface area contributed by atoms with Crippen molar-refractivity contribution in [2.75, 3.05) is 23.3 Å². The summed E-state index contributed by atoms with van der Waals surface area (Å²) in [4.78, 5) is 27.5. The van der Waals surface area contributed by atoms with Gasteiger partial charge in [-0.05, 0) is 54.5 Å². The monoisotopic (exact) mass is 397 g/mol. The summed E-state index contributed by atoms with van der Waals surface area (Å²) in [5.41, 5.74) is 1.25.